The molecule has 1 aliphatic rings. The second-order valence-corrected chi connectivity index (χ2v) is 5.45. The molecule has 1 saturated heterocycles. The quantitative estimate of drug-likeness (QED) is 0.739. The Morgan fingerprint density at radius 2 is 2.15 bits per heavy atom. The third kappa shape index (κ3) is 5.12. The minimum atomic E-state index is 0.435. The Balaban J connectivity index is 1.58. The van der Waals surface area contributed by atoms with Crippen molar-refractivity contribution in [1.29, 1.82) is 0 Å². The van der Waals surface area contributed by atoms with E-state index in [4.69, 9.17) is 15.2 Å². The second-order valence-electron chi connectivity index (χ2n) is 5.45. The molecule has 0 aliphatic carbocycles. The van der Waals surface area contributed by atoms with Gasteiger partial charge in [0.15, 0.2) is 0 Å². The van der Waals surface area contributed by atoms with Gasteiger partial charge in [-0.3, -0.25) is 0 Å². The third-order valence-electron chi connectivity index (χ3n) is 3.65. The number of benzene rings is 1. The molecule has 0 aromatic heterocycles. The molecule has 0 amide bonds. The van der Waals surface area contributed by atoms with E-state index in [-0.39, 0.29) is 0 Å². The summed E-state index contributed by atoms with van der Waals surface area (Å²) in [7, 11) is 2.15. The Bertz CT molecular complexity index is 375. The summed E-state index contributed by atoms with van der Waals surface area (Å²) in [5.41, 5.74) is 6.70. The summed E-state index contributed by atoms with van der Waals surface area (Å²) < 4.78 is 11.4. The van der Waals surface area contributed by atoms with Crippen molar-refractivity contribution in [3.05, 3.63) is 29.8 Å². The van der Waals surface area contributed by atoms with Crippen molar-refractivity contribution in [3.8, 4) is 5.75 Å². The molecular formula is C16H26N2O2. The van der Waals surface area contributed by atoms with Gasteiger partial charge in [-0.05, 0) is 44.0 Å². The Hall–Kier alpha value is -1.10. The standard InChI is InChI=1S/C16H26N2O2/c1-18(13-16-4-2-10-20-16)9-3-11-19-15-7-5-14(12-17)6-8-15/h5-8,16H,2-4,9-13,17H2,1H3. The van der Waals surface area contributed by atoms with Crippen LogP contribution in [-0.4, -0.2) is 44.4 Å². The number of nitrogens with zero attached hydrogens (tertiary/aromatic N) is 1. The van der Waals surface area contributed by atoms with E-state index in [1.165, 1.54) is 12.8 Å². The topological polar surface area (TPSA) is 47.7 Å². The smallest absolute Gasteiger partial charge is 0.119 e. The lowest BCUT2D eigenvalue weighted by Crippen LogP contribution is -2.30. The van der Waals surface area contributed by atoms with Crippen molar-refractivity contribution in [2.75, 3.05) is 33.4 Å². The highest BCUT2D eigenvalue weighted by molar-refractivity contribution is 5.26. The molecule has 20 heavy (non-hydrogen) atoms. The molecule has 0 spiro atoms. The fourth-order valence-corrected chi connectivity index (χ4v) is 2.47. The Labute approximate surface area is 121 Å². The number of ether oxygens (including phenoxy) is 2. The van der Waals surface area contributed by atoms with Gasteiger partial charge in [0.25, 0.3) is 0 Å². The van der Waals surface area contributed by atoms with Crippen molar-refractivity contribution in [3.63, 3.8) is 0 Å². The normalized spacial score (nSPS) is 18.6. The first-order chi connectivity index (χ1) is 9.78. The largest absolute Gasteiger partial charge is 0.494 e. The van der Waals surface area contributed by atoms with E-state index in [1.54, 1.807) is 0 Å². The molecule has 1 aromatic rings. The van der Waals surface area contributed by atoms with Crippen molar-refractivity contribution in [1.82, 2.24) is 4.90 Å². The van der Waals surface area contributed by atoms with Crippen LogP contribution in [0.15, 0.2) is 24.3 Å². The molecule has 1 heterocycles. The van der Waals surface area contributed by atoms with Crippen LogP contribution in [0.25, 0.3) is 0 Å². The molecule has 4 heteroatoms. The lowest BCUT2D eigenvalue weighted by Gasteiger charge is -2.20. The van der Waals surface area contributed by atoms with E-state index in [0.717, 1.165) is 44.0 Å². The predicted octanol–water partition coefficient (Wildman–Crippen LogP) is 2.02. The average molecular weight is 278 g/mol. The van der Waals surface area contributed by atoms with Crippen LogP contribution in [0.1, 0.15) is 24.8 Å². The maximum absolute atomic E-state index is 5.73. The predicted molar refractivity (Wildman–Crippen MR) is 80.9 cm³/mol. The molecule has 1 unspecified atom stereocenters. The fraction of sp³-hybridized carbons (Fsp3) is 0.625. The highest BCUT2D eigenvalue weighted by Crippen LogP contribution is 2.13. The van der Waals surface area contributed by atoms with Crippen molar-refractivity contribution in [2.45, 2.75) is 31.9 Å². The first-order valence-electron chi connectivity index (χ1n) is 7.50. The minimum Gasteiger partial charge on any atom is -0.494 e. The van der Waals surface area contributed by atoms with Gasteiger partial charge in [0.05, 0.1) is 12.7 Å². The monoisotopic (exact) mass is 278 g/mol. The van der Waals surface area contributed by atoms with Crippen molar-refractivity contribution < 1.29 is 9.47 Å². The van der Waals surface area contributed by atoms with Crippen LogP contribution in [0.2, 0.25) is 0 Å². The van der Waals surface area contributed by atoms with Gasteiger partial charge in [-0.1, -0.05) is 12.1 Å². The van der Waals surface area contributed by atoms with Gasteiger partial charge < -0.3 is 20.1 Å². The molecule has 2 N–H and O–H groups in total. The Kier molecular flexibility index (Phi) is 6.30. The van der Waals surface area contributed by atoms with E-state index in [9.17, 15) is 0 Å². The summed E-state index contributed by atoms with van der Waals surface area (Å²) in [6.45, 7) is 4.33. The van der Waals surface area contributed by atoms with E-state index < -0.39 is 0 Å². The maximum Gasteiger partial charge on any atom is 0.119 e. The van der Waals surface area contributed by atoms with Gasteiger partial charge in [-0.15, -0.1) is 0 Å². The van der Waals surface area contributed by atoms with E-state index in [1.807, 2.05) is 24.3 Å². The van der Waals surface area contributed by atoms with Crippen LogP contribution in [0.5, 0.6) is 5.75 Å². The molecule has 2 rings (SSSR count). The number of hydrogen-bond acceptors (Lipinski definition) is 4. The molecule has 0 saturated carbocycles. The SMILES string of the molecule is CN(CCCOc1ccc(CN)cc1)CC1CCCO1. The summed E-state index contributed by atoms with van der Waals surface area (Å²) in [4.78, 5) is 2.33. The summed E-state index contributed by atoms with van der Waals surface area (Å²) >= 11 is 0. The Morgan fingerprint density at radius 1 is 1.35 bits per heavy atom. The molecule has 1 aliphatic heterocycles. The zero-order valence-electron chi connectivity index (χ0n) is 12.4. The molecule has 112 valence electrons. The number of nitrogens with two attached hydrogens (primary N) is 1. The van der Waals surface area contributed by atoms with Gasteiger partial charge in [0, 0.05) is 26.2 Å². The van der Waals surface area contributed by atoms with Gasteiger partial charge in [-0.2, -0.15) is 0 Å². The zero-order chi connectivity index (χ0) is 14.2. The zero-order valence-corrected chi connectivity index (χ0v) is 12.4. The number of hydrogen-bond donors (Lipinski definition) is 1. The summed E-state index contributed by atoms with van der Waals surface area (Å²) in [6.07, 6.45) is 3.88. The van der Waals surface area contributed by atoms with E-state index in [0.29, 0.717) is 12.6 Å². The van der Waals surface area contributed by atoms with Crippen molar-refractivity contribution in [2.24, 2.45) is 5.73 Å². The maximum atomic E-state index is 5.73. The summed E-state index contributed by atoms with van der Waals surface area (Å²) in [6, 6.07) is 7.99. The Morgan fingerprint density at radius 3 is 2.80 bits per heavy atom. The van der Waals surface area contributed by atoms with Crippen LogP contribution in [-0.2, 0) is 11.3 Å². The van der Waals surface area contributed by atoms with Gasteiger partial charge in [-0.25, -0.2) is 0 Å². The number of rotatable bonds is 8. The fourth-order valence-electron chi connectivity index (χ4n) is 2.47. The molecule has 1 aromatic carbocycles. The van der Waals surface area contributed by atoms with Crippen LogP contribution in [0.4, 0.5) is 0 Å². The molecule has 1 atom stereocenters. The highest BCUT2D eigenvalue weighted by Gasteiger charge is 2.16. The van der Waals surface area contributed by atoms with Gasteiger partial charge in [0.2, 0.25) is 0 Å². The van der Waals surface area contributed by atoms with Crippen LogP contribution < -0.4 is 10.5 Å². The van der Waals surface area contributed by atoms with Crippen molar-refractivity contribution >= 4 is 0 Å². The van der Waals surface area contributed by atoms with Gasteiger partial charge >= 0.3 is 0 Å². The molecule has 1 fully saturated rings. The number of likely N-dealkylation sites (N-methyl/N-ethyl adjacent to an activating group) is 1. The first kappa shape index (κ1) is 15.3. The molecule has 4 nitrogen and oxygen atoms in total. The summed E-state index contributed by atoms with van der Waals surface area (Å²) in [5, 5.41) is 0. The molecule has 0 bridgehead atoms. The van der Waals surface area contributed by atoms with Crippen LogP contribution >= 0.6 is 0 Å². The lowest BCUT2D eigenvalue weighted by atomic mass is 10.2. The lowest BCUT2D eigenvalue weighted by molar-refractivity contribution is 0.0797. The second kappa shape index (κ2) is 8.25. The minimum absolute atomic E-state index is 0.435. The van der Waals surface area contributed by atoms with Gasteiger partial charge in [0.1, 0.15) is 5.75 Å². The van der Waals surface area contributed by atoms with Crippen LogP contribution in [0.3, 0.4) is 0 Å². The highest BCUT2D eigenvalue weighted by atomic mass is 16.5. The first-order valence-corrected chi connectivity index (χ1v) is 7.50. The average Bonchev–Trinajstić information content (AvgIpc) is 2.97. The van der Waals surface area contributed by atoms with Crippen LogP contribution in [0, 0.1) is 0 Å². The third-order valence-corrected chi connectivity index (χ3v) is 3.65. The summed E-state index contributed by atoms with van der Waals surface area (Å²) in [5.74, 6) is 0.920. The molecular weight excluding hydrogens is 252 g/mol. The molecule has 0 radical (unpaired) electrons. The van der Waals surface area contributed by atoms with E-state index in [2.05, 4.69) is 11.9 Å². The van der Waals surface area contributed by atoms with E-state index >= 15 is 0 Å².